The zero-order valence-corrected chi connectivity index (χ0v) is 40.1. The second kappa shape index (κ2) is 16.0. The lowest BCUT2D eigenvalue weighted by molar-refractivity contribution is 0.464. The fourth-order valence-electron chi connectivity index (χ4n) is 12.4. The molecule has 0 spiro atoms. The van der Waals surface area contributed by atoms with E-state index in [1.807, 2.05) is 6.07 Å². The maximum absolute atomic E-state index is 7.13. The van der Waals surface area contributed by atoms with Crippen molar-refractivity contribution < 1.29 is 9.47 Å². The summed E-state index contributed by atoms with van der Waals surface area (Å²) >= 11 is 0. The molecule has 13 aromatic rings. The molecule has 0 radical (unpaired) electrons. The van der Waals surface area contributed by atoms with E-state index in [-0.39, 0.29) is 6.71 Å². The molecule has 0 unspecified atom stereocenters. The molecular weight excluding hydrogens is 892 g/mol. The molecular formula is C66H43BN2O2Si. The Morgan fingerprint density at radius 1 is 0.333 bits per heavy atom. The fourth-order valence-corrected chi connectivity index (χ4v) is 17.2. The van der Waals surface area contributed by atoms with Gasteiger partial charge in [-0.2, -0.15) is 0 Å². The molecule has 0 N–H and O–H groups in total. The first-order chi connectivity index (χ1) is 35.7. The second-order valence-corrected chi connectivity index (χ2v) is 22.9. The van der Waals surface area contributed by atoms with Crippen molar-refractivity contribution in [2.45, 2.75) is 0 Å². The van der Waals surface area contributed by atoms with Gasteiger partial charge < -0.3 is 18.6 Å². The standard InChI is InChI=1S/C66H43BN2O2Si/c1-5-22-45(23-6-1)68-55-34-16-13-31-50(55)64-57(68)39-40-58-65(64)51-32-14-17-35-56(51)69(58)59-43-63-54(67-53-33-15-18-36-60(53)70-61-37-20-38-62(71-63)66(61)67)42-52(59)44-21-19-30-49(41-44)72(46-24-7-2-8-25-46,47-26-9-3-10-27-47)48-28-11-4-12-29-48/h1-43H. The van der Waals surface area contributed by atoms with Crippen molar-refractivity contribution >= 4 is 95.5 Å². The van der Waals surface area contributed by atoms with Crippen LogP contribution in [0, 0.1) is 0 Å². The van der Waals surface area contributed by atoms with Gasteiger partial charge in [-0.15, -0.1) is 0 Å². The molecule has 2 aromatic heterocycles. The van der Waals surface area contributed by atoms with Crippen LogP contribution in [-0.2, 0) is 0 Å². The molecule has 6 heteroatoms. The van der Waals surface area contributed by atoms with Gasteiger partial charge in [-0.25, -0.2) is 0 Å². The molecule has 2 aliphatic rings. The van der Waals surface area contributed by atoms with Crippen LogP contribution >= 0.6 is 0 Å². The topological polar surface area (TPSA) is 28.3 Å². The fraction of sp³-hybridized carbons (Fsp3) is 0. The normalized spacial score (nSPS) is 12.6. The molecule has 0 bridgehead atoms. The van der Waals surface area contributed by atoms with Gasteiger partial charge in [-0.3, -0.25) is 0 Å². The first kappa shape index (κ1) is 40.8. The van der Waals surface area contributed by atoms with E-state index >= 15 is 0 Å². The van der Waals surface area contributed by atoms with E-state index in [0.717, 1.165) is 72.9 Å². The number of rotatable bonds is 7. The molecule has 0 saturated heterocycles. The van der Waals surface area contributed by atoms with Crippen LogP contribution in [0.1, 0.15) is 0 Å². The van der Waals surface area contributed by atoms with E-state index in [2.05, 4.69) is 264 Å². The smallest absolute Gasteiger partial charge is 0.260 e. The first-order valence-electron chi connectivity index (χ1n) is 24.8. The number of nitrogens with zero attached hydrogens (tertiary/aromatic N) is 2. The molecule has 2 aliphatic heterocycles. The third-order valence-electron chi connectivity index (χ3n) is 15.4. The molecule has 11 aromatic carbocycles. The van der Waals surface area contributed by atoms with Crippen LogP contribution in [0.15, 0.2) is 261 Å². The molecule has 4 nitrogen and oxygen atoms in total. The van der Waals surface area contributed by atoms with Crippen molar-refractivity contribution in [1.82, 2.24) is 9.13 Å². The number of benzene rings is 11. The Hall–Kier alpha value is -9.10. The second-order valence-electron chi connectivity index (χ2n) is 19.1. The Labute approximate surface area is 418 Å². The van der Waals surface area contributed by atoms with Crippen molar-refractivity contribution in [2.75, 3.05) is 0 Å². The van der Waals surface area contributed by atoms with E-state index < -0.39 is 8.07 Å². The highest BCUT2D eigenvalue weighted by Crippen LogP contribution is 2.45. The molecule has 72 heavy (non-hydrogen) atoms. The summed E-state index contributed by atoms with van der Waals surface area (Å²) in [5.74, 6) is 3.37. The third kappa shape index (κ3) is 5.87. The van der Waals surface area contributed by atoms with Crippen LogP contribution in [0.2, 0.25) is 0 Å². The lowest BCUT2D eigenvalue weighted by Gasteiger charge is -2.35. The third-order valence-corrected chi connectivity index (χ3v) is 20.2. The van der Waals surface area contributed by atoms with Crippen LogP contribution < -0.4 is 46.6 Å². The van der Waals surface area contributed by atoms with Crippen LogP contribution in [-0.4, -0.2) is 23.9 Å². The zero-order chi connectivity index (χ0) is 47.3. The van der Waals surface area contributed by atoms with Gasteiger partial charge in [0, 0.05) is 44.3 Å². The van der Waals surface area contributed by atoms with E-state index in [1.165, 1.54) is 53.3 Å². The molecule has 0 fully saturated rings. The van der Waals surface area contributed by atoms with E-state index in [4.69, 9.17) is 9.47 Å². The van der Waals surface area contributed by atoms with Crippen LogP contribution in [0.5, 0.6) is 23.0 Å². The number of para-hydroxylation sites is 4. The van der Waals surface area contributed by atoms with Crippen molar-refractivity contribution in [1.29, 1.82) is 0 Å². The Morgan fingerprint density at radius 3 is 1.46 bits per heavy atom. The highest BCUT2D eigenvalue weighted by molar-refractivity contribution is 7.20. The number of aromatic nitrogens is 2. The minimum atomic E-state index is -2.91. The molecule has 0 aliphatic carbocycles. The van der Waals surface area contributed by atoms with Gasteiger partial charge in [0.25, 0.3) is 6.71 Å². The first-order valence-corrected chi connectivity index (χ1v) is 26.8. The van der Waals surface area contributed by atoms with Crippen molar-refractivity contribution in [3.63, 3.8) is 0 Å². The van der Waals surface area contributed by atoms with E-state index in [9.17, 15) is 0 Å². The maximum Gasteiger partial charge on any atom is 0.260 e. The number of hydrogen-bond donors (Lipinski definition) is 0. The quantitative estimate of drug-likeness (QED) is 0.118. The zero-order valence-electron chi connectivity index (χ0n) is 39.1. The summed E-state index contributed by atoms with van der Waals surface area (Å²) in [4.78, 5) is 0. The highest BCUT2D eigenvalue weighted by atomic mass is 28.3. The molecule has 0 amide bonds. The minimum absolute atomic E-state index is 0.103. The summed E-state index contributed by atoms with van der Waals surface area (Å²) in [6.45, 7) is -0.103. The lowest BCUT2D eigenvalue weighted by atomic mass is 9.34. The minimum Gasteiger partial charge on any atom is -0.458 e. The monoisotopic (exact) mass is 934 g/mol. The Morgan fingerprint density at radius 2 is 0.819 bits per heavy atom. The van der Waals surface area contributed by atoms with Gasteiger partial charge in [0.1, 0.15) is 23.0 Å². The predicted octanol–water partition coefficient (Wildman–Crippen LogP) is 11.7. The number of fused-ring (bicyclic) bond motifs is 11. The van der Waals surface area contributed by atoms with Gasteiger partial charge in [0.05, 0.1) is 27.8 Å². The Kier molecular flexibility index (Phi) is 9.04. The maximum atomic E-state index is 7.13. The molecule has 336 valence electrons. The summed E-state index contributed by atoms with van der Waals surface area (Å²) in [6, 6.07) is 95.7. The van der Waals surface area contributed by atoms with E-state index in [1.54, 1.807) is 0 Å². The van der Waals surface area contributed by atoms with Crippen molar-refractivity contribution in [2.24, 2.45) is 0 Å². The van der Waals surface area contributed by atoms with Gasteiger partial charge in [-0.1, -0.05) is 200 Å². The summed E-state index contributed by atoms with van der Waals surface area (Å²) in [5, 5.41) is 10.2. The van der Waals surface area contributed by atoms with Gasteiger partial charge in [0.2, 0.25) is 0 Å². The SMILES string of the molecule is c1ccc(-n2c3ccccc3c3c4c5ccccc5n(-c5cc6c(cc5-c5cccc([Si](c7ccccc7)(c7ccccc7)c7ccccc7)c5)B5c7ccccc7Oc7cccc(c75)O6)c4ccc32)cc1. The highest BCUT2D eigenvalue weighted by Gasteiger charge is 2.43. The number of ether oxygens (including phenoxy) is 2. The number of hydrogen-bond acceptors (Lipinski definition) is 2. The molecule has 4 heterocycles. The van der Waals surface area contributed by atoms with Crippen molar-refractivity contribution in [3.05, 3.63) is 261 Å². The molecule has 0 saturated carbocycles. The van der Waals surface area contributed by atoms with E-state index in [0.29, 0.717) is 0 Å². The average molecular weight is 935 g/mol. The summed E-state index contributed by atoms with van der Waals surface area (Å²) in [6.07, 6.45) is 0. The summed E-state index contributed by atoms with van der Waals surface area (Å²) in [5.41, 5.74) is 12.4. The van der Waals surface area contributed by atoms with Gasteiger partial charge in [0.15, 0.2) is 8.07 Å². The summed E-state index contributed by atoms with van der Waals surface area (Å²) in [7, 11) is -2.91. The van der Waals surface area contributed by atoms with Crippen molar-refractivity contribution in [3.8, 4) is 45.5 Å². The predicted molar refractivity (Wildman–Crippen MR) is 302 cm³/mol. The average Bonchev–Trinajstić information content (AvgIpc) is 3.97. The van der Waals surface area contributed by atoms with Gasteiger partial charge in [-0.05, 0) is 91.8 Å². The lowest BCUT2D eigenvalue weighted by Crippen LogP contribution is -2.74. The van der Waals surface area contributed by atoms with Crippen LogP contribution in [0.4, 0.5) is 0 Å². The van der Waals surface area contributed by atoms with Gasteiger partial charge >= 0.3 is 0 Å². The summed E-state index contributed by atoms with van der Waals surface area (Å²) < 4.78 is 18.7. The molecule has 15 rings (SSSR count). The van der Waals surface area contributed by atoms with Crippen LogP contribution in [0.3, 0.4) is 0 Å². The largest absolute Gasteiger partial charge is 0.458 e. The Balaban J connectivity index is 1.06. The molecule has 0 atom stereocenters. The Bertz CT molecular complexity index is 4190. The van der Waals surface area contributed by atoms with Crippen LogP contribution in [0.25, 0.3) is 66.1 Å².